The summed E-state index contributed by atoms with van der Waals surface area (Å²) in [6, 6.07) is 15.3. The first-order chi connectivity index (χ1) is 12.8. The summed E-state index contributed by atoms with van der Waals surface area (Å²) in [6.07, 6.45) is 0.748. The van der Waals surface area contributed by atoms with Crippen molar-refractivity contribution in [1.82, 2.24) is 4.72 Å². The number of nitrogens with zero attached hydrogens (tertiary/aromatic N) is 1. The molecule has 142 valence electrons. The maximum absolute atomic E-state index is 12.2. The van der Waals surface area contributed by atoms with Gasteiger partial charge in [0.25, 0.3) is 0 Å². The highest BCUT2D eigenvalue weighted by Crippen LogP contribution is 2.14. The monoisotopic (exact) mass is 385 g/mol. The number of hydrogen-bond donors (Lipinski definition) is 2. The Labute approximate surface area is 160 Å². The highest BCUT2D eigenvalue weighted by atomic mass is 32.2. The van der Waals surface area contributed by atoms with Crippen LogP contribution in [-0.2, 0) is 21.2 Å². The van der Waals surface area contributed by atoms with E-state index in [9.17, 15) is 13.2 Å². The van der Waals surface area contributed by atoms with Gasteiger partial charge in [0.1, 0.15) is 0 Å². The number of rotatable bonds is 8. The third-order valence-electron chi connectivity index (χ3n) is 3.83. The second-order valence-corrected chi connectivity index (χ2v) is 8.40. The van der Waals surface area contributed by atoms with E-state index >= 15 is 0 Å². The van der Waals surface area contributed by atoms with E-state index in [4.69, 9.17) is 5.26 Å². The van der Waals surface area contributed by atoms with Crippen LogP contribution in [-0.4, -0.2) is 20.9 Å². The zero-order valence-corrected chi connectivity index (χ0v) is 16.2. The lowest BCUT2D eigenvalue weighted by Crippen LogP contribution is -2.27. The number of carbonyl (C=O) groups excluding carboxylic acids is 1. The fourth-order valence-electron chi connectivity index (χ4n) is 2.34. The molecule has 27 heavy (non-hydrogen) atoms. The second-order valence-electron chi connectivity index (χ2n) is 6.63. The number of nitrogens with one attached hydrogen (secondary N) is 2. The topological polar surface area (TPSA) is 99.1 Å². The number of hydrogen-bond acceptors (Lipinski definition) is 4. The van der Waals surface area contributed by atoms with Crippen molar-refractivity contribution < 1.29 is 13.2 Å². The minimum absolute atomic E-state index is 0.166. The number of sulfonamides is 1. The summed E-state index contributed by atoms with van der Waals surface area (Å²) in [5.41, 5.74) is 1.94. The standard InChI is InChI=1S/C20H23N3O3S/c1-15(2)14-22-27(25,26)19-9-6-16(7-10-19)8-11-20(24)23-18-5-3-4-17(12-18)13-21/h3-7,9-10,12,15,22H,8,11,14H2,1-2H3,(H,23,24). The Morgan fingerprint density at radius 2 is 1.85 bits per heavy atom. The van der Waals surface area contributed by atoms with Crippen LogP contribution in [0.5, 0.6) is 0 Å². The van der Waals surface area contributed by atoms with Gasteiger partial charge in [0.2, 0.25) is 15.9 Å². The van der Waals surface area contributed by atoms with Gasteiger partial charge in [-0.3, -0.25) is 4.79 Å². The van der Waals surface area contributed by atoms with Crippen LogP contribution in [0.1, 0.15) is 31.4 Å². The summed E-state index contributed by atoms with van der Waals surface area (Å²) in [6.45, 7) is 4.26. The van der Waals surface area contributed by atoms with Gasteiger partial charge >= 0.3 is 0 Å². The maximum atomic E-state index is 12.2. The average molecular weight is 385 g/mol. The number of aryl methyl sites for hydroxylation is 1. The molecule has 0 spiro atoms. The van der Waals surface area contributed by atoms with Crippen LogP contribution in [0.15, 0.2) is 53.4 Å². The number of carbonyl (C=O) groups is 1. The normalized spacial score (nSPS) is 11.2. The Hall–Kier alpha value is -2.69. The van der Waals surface area contributed by atoms with E-state index in [1.165, 1.54) is 0 Å². The van der Waals surface area contributed by atoms with Gasteiger partial charge in [-0.15, -0.1) is 0 Å². The summed E-state index contributed by atoms with van der Waals surface area (Å²) in [7, 11) is -3.51. The molecular weight excluding hydrogens is 362 g/mol. The summed E-state index contributed by atoms with van der Waals surface area (Å²) >= 11 is 0. The molecule has 0 aromatic heterocycles. The third kappa shape index (κ3) is 6.51. The van der Waals surface area contributed by atoms with Gasteiger partial charge in [-0.05, 0) is 48.2 Å². The minimum Gasteiger partial charge on any atom is -0.326 e. The second kappa shape index (κ2) is 9.31. The maximum Gasteiger partial charge on any atom is 0.240 e. The molecule has 0 radical (unpaired) electrons. The summed E-state index contributed by atoms with van der Waals surface area (Å²) < 4.78 is 26.9. The fraction of sp³-hybridized carbons (Fsp3) is 0.300. The van der Waals surface area contributed by atoms with E-state index in [1.807, 2.05) is 19.9 Å². The molecule has 0 unspecified atom stereocenters. The quantitative estimate of drug-likeness (QED) is 0.729. The Balaban J connectivity index is 1.91. The zero-order chi connectivity index (χ0) is 19.9. The van der Waals surface area contributed by atoms with Crippen molar-refractivity contribution in [2.45, 2.75) is 31.6 Å². The first-order valence-electron chi connectivity index (χ1n) is 8.69. The molecule has 0 saturated carbocycles. The van der Waals surface area contributed by atoms with E-state index in [1.54, 1.807) is 48.5 Å². The van der Waals surface area contributed by atoms with E-state index in [2.05, 4.69) is 10.0 Å². The van der Waals surface area contributed by atoms with Crippen molar-refractivity contribution in [3.05, 3.63) is 59.7 Å². The predicted molar refractivity (Wildman–Crippen MR) is 105 cm³/mol. The molecule has 2 aromatic rings. The molecule has 6 nitrogen and oxygen atoms in total. The molecule has 2 N–H and O–H groups in total. The van der Waals surface area contributed by atoms with Gasteiger partial charge in [0.05, 0.1) is 16.5 Å². The summed E-state index contributed by atoms with van der Waals surface area (Å²) in [5, 5.41) is 11.6. The van der Waals surface area contributed by atoms with Gasteiger partial charge < -0.3 is 5.32 Å². The van der Waals surface area contributed by atoms with Crippen LogP contribution >= 0.6 is 0 Å². The lowest BCUT2D eigenvalue weighted by molar-refractivity contribution is -0.116. The predicted octanol–water partition coefficient (Wildman–Crippen LogP) is 3.06. The molecule has 0 atom stereocenters. The first-order valence-corrected chi connectivity index (χ1v) is 10.2. The van der Waals surface area contributed by atoms with Gasteiger partial charge in [0, 0.05) is 18.7 Å². The van der Waals surface area contributed by atoms with Crippen molar-refractivity contribution in [2.75, 3.05) is 11.9 Å². The van der Waals surface area contributed by atoms with Gasteiger partial charge in [-0.1, -0.05) is 32.0 Å². The summed E-state index contributed by atoms with van der Waals surface area (Å²) in [4.78, 5) is 12.3. The molecule has 0 bridgehead atoms. The lowest BCUT2D eigenvalue weighted by Gasteiger charge is -2.09. The molecule has 0 saturated heterocycles. The number of anilines is 1. The van der Waals surface area contributed by atoms with E-state index in [-0.39, 0.29) is 23.1 Å². The van der Waals surface area contributed by atoms with E-state index in [0.29, 0.717) is 24.2 Å². The fourth-order valence-corrected chi connectivity index (χ4v) is 3.56. The highest BCUT2D eigenvalue weighted by molar-refractivity contribution is 7.89. The smallest absolute Gasteiger partial charge is 0.240 e. The van der Waals surface area contributed by atoms with Crippen LogP contribution in [0, 0.1) is 17.2 Å². The van der Waals surface area contributed by atoms with Crippen LogP contribution in [0.2, 0.25) is 0 Å². The van der Waals surface area contributed by atoms with Crippen molar-refractivity contribution in [2.24, 2.45) is 5.92 Å². The molecular formula is C20H23N3O3S. The number of nitriles is 1. The third-order valence-corrected chi connectivity index (χ3v) is 5.27. The molecule has 1 amide bonds. The van der Waals surface area contributed by atoms with Crippen molar-refractivity contribution in [1.29, 1.82) is 5.26 Å². The minimum atomic E-state index is -3.51. The first kappa shape index (κ1) is 20.6. The van der Waals surface area contributed by atoms with Crippen LogP contribution < -0.4 is 10.0 Å². The van der Waals surface area contributed by atoms with Crippen LogP contribution in [0.4, 0.5) is 5.69 Å². The van der Waals surface area contributed by atoms with E-state index in [0.717, 1.165) is 5.56 Å². The Morgan fingerprint density at radius 3 is 2.48 bits per heavy atom. The Morgan fingerprint density at radius 1 is 1.15 bits per heavy atom. The molecule has 0 fully saturated rings. The molecule has 0 aliphatic carbocycles. The van der Waals surface area contributed by atoms with Crippen molar-refractivity contribution in [3.63, 3.8) is 0 Å². The number of benzene rings is 2. The lowest BCUT2D eigenvalue weighted by atomic mass is 10.1. The zero-order valence-electron chi connectivity index (χ0n) is 15.4. The van der Waals surface area contributed by atoms with Crippen molar-refractivity contribution >= 4 is 21.6 Å². The van der Waals surface area contributed by atoms with Crippen LogP contribution in [0.25, 0.3) is 0 Å². The van der Waals surface area contributed by atoms with Gasteiger partial charge in [-0.25, -0.2) is 13.1 Å². The Kier molecular flexibility index (Phi) is 7.11. The van der Waals surface area contributed by atoms with Crippen molar-refractivity contribution in [3.8, 4) is 6.07 Å². The SMILES string of the molecule is CC(C)CNS(=O)(=O)c1ccc(CCC(=O)Nc2cccc(C#N)c2)cc1. The average Bonchev–Trinajstić information content (AvgIpc) is 2.65. The van der Waals surface area contributed by atoms with Crippen LogP contribution in [0.3, 0.4) is 0 Å². The molecule has 2 rings (SSSR count). The number of amides is 1. The molecule has 0 aliphatic rings. The van der Waals surface area contributed by atoms with Gasteiger partial charge in [0.15, 0.2) is 0 Å². The highest BCUT2D eigenvalue weighted by Gasteiger charge is 2.14. The van der Waals surface area contributed by atoms with Gasteiger partial charge in [-0.2, -0.15) is 5.26 Å². The molecule has 0 aliphatic heterocycles. The molecule has 0 heterocycles. The largest absolute Gasteiger partial charge is 0.326 e. The Bertz CT molecular complexity index is 930. The molecule has 7 heteroatoms. The van der Waals surface area contributed by atoms with E-state index < -0.39 is 10.0 Å². The summed E-state index contributed by atoms with van der Waals surface area (Å²) in [5.74, 6) is 0.0619. The molecule has 2 aromatic carbocycles.